The molecule has 0 bridgehead atoms. The molecule has 1 heterocycles. The van der Waals surface area contributed by atoms with Crippen molar-refractivity contribution < 1.29 is 22.6 Å². The second-order valence-corrected chi connectivity index (χ2v) is 9.64. The van der Waals surface area contributed by atoms with Gasteiger partial charge in [0.25, 0.3) is 0 Å². The molecule has 5 heteroatoms. The number of unbranched alkanes of at least 4 members (excludes halogenated alkanes) is 4. The van der Waals surface area contributed by atoms with Crippen LogP contribution in [0.5, 0.6) is 0 Å². The zero-order valence-corrected chi connectivity index (χ0v) is 21.6. The van der Waals surface area contributed by atoms with Gasteiger partial charge in [-0.25, -0.2) is 13.2 Å². The maximum atomic E-state index is 15.0. The van der Waals surface area contributed by atoms with Crippen LogP contribution < -0.4 is 0 Å². The second-order valence-electron chi connectivity index (χ2n) is 9.64. The molecule has 0 amide bonds. The number of hydrogen-bond donors (Lipinski definition) is 0. The minimum Gasteiger partial charge on any atom is -0.348 e. The van der Waals surface area contributed by atoms with Crippen molar-refractivity contribution >= 4 is 0 Å². The van der Waals surface area contributed by atoms with Crippen molar-refractivity contribution in [2.45, 2.75) is 64.6 Å². The SMILES string of the molecule is C/C=C/C1OCC(c2ccc(-c3ccc(-c4ccc(CCCCCCC)c(F)c4F)cc3)c(F)c2)CO1. The third-order valence-corrected chi connectivity index (χ3v) is 6.96. The van der Waals surface area contributed by atoms with Gasteiger partial charge in [-0.05, 0) is 54.2 Å². The molecule has 1 saturated heterocycles. The minimum absolute atomic E-state index is 0.0374. The van der Waals surface area contributed by atoms with Crippen molar-refractivity contribution in [3.05, 3.63) is 95.3 Å². The average molecular weight is 509 g/mol. The van der Waals surface area contributed by atoms with E-state index in [2.05, 4.69) is 6.92 Å². The van der Waals surface area contributed by atoms with Crippen molar-refractivity contribution in [3.63, 3.8) is 0 Å². The van der Waals surface area contributed by atoms with Gasteiger partial charge >= 0.3 is 0 Å². The van der Waals surface area contributed by atoms with E-state index in [0.29, 0.717) is 41.9 Å². The first-order valence-electron chi connectivity index (χ1n) is 13.2. The van der Waals surface area contributed by atoms with Crippen LogP contribution in [-0.2, 0) is 15.9 Å². The Morgan fingerprint density at radius 2 is 1.43 bits per heavy atom. The Bertz CT molecular complexity index is 1200. The Morgan fingerprint density at radius 1 is 0.784 bits per heavy atom. The predicted octanol–water partition coefficient (Wildman–Crippen LogP) is 8.98. The van der Waals surface area contributed by atoms with Crippen molar-refractivity contribution in [1.29, 1.82) is 0 Å². The summed E-state index contributed by atoms with van der Waals surface area (Å²) in [6, 6.07) is 15.3. The van der Waals surface area contributed by atoms with Crippen LogP contribution in [-0.4, -0.2) is 19.5 Å². The maximum Gasteiger partial charge on any atom is 0.176 e. The molecule has 0 aliphatic carbocycles. The zero-order valence-electron chi connectivity index (χ0n) is 21.6. The number of ether oxygens (including phenoxy) is 2. The van der Waals surface area contributed by atoms with Gasteiger partial charge in [-0.3, -0.25) is 0 Å². The summed E-state index contributed by atoms with van der Waals surface area (Å²) >= 11 is 0. The molecule has 0 spiro atoms. The number of aryl methyl sites for hydroxylation is 1. The lowest BCUT2D eigenvalue weighted by molar-refractivity contribution is -0.159. The summed E-state index contributed by atoms with van der Waals surface area (Å²) in [7, 11) is 0. The van der Waals surface area contributed by atoms with Crippen LogP contribution in [0.3, 0.4) is 0 Å². The lowest BCUT2D eigenvalue weighted by atomic mass is 9.94. The molecule has 0 atom stereocenters. The van der Waals surface area contributed by atoms with E-state index >= 15 is 4.39 Å². The van der Waals surface area contributed by atoms with E-state index in [-0.39, 0.29) is 23.6 Å². The molecule has 0 radical (unpaired) electrons. The first-order valence-corrected chi connectivity index (χ1v) is 13.2. The van der Waals surface area contributed by atoms with Gasteiger partial charge < -0.3 is 9.47 Å². The first-order chi connectivity index (χ1) is 18.0. The minimum atomic E-state index is -0.831. The van der Waals surface area contributed by atoms with Crippen LogP contribution in [0.15, 0.2) is 66.7 Å². The molecule has 3 aromatic rings. The zero-order chi connectivity index (χ0) is 26.2. The van der Waals surface area contributed by atoms with Crippen LogP contribution in [0.4, 0.5) is 13.2 Å². The Morgan fingerprint density at radius 3 is 2.08 bits per heavy atom. The van der Waals surface area contributed by atoms with Gasteiger partial charge in [-0.15, -0.1) is 0 Å². The van der Waals surface area contributed by atoms with Crippen molar-refractivity contribution in [3.8, 4) is 22.3 Å². The Hall–Kier alpha value is -2.89. The van der Waals surface area contributed by atoms with Gasteiger partial charge in [-0.2, -0.15) is 0 Å². The lowest BCUT2D eigenvalue weighted by Gasteiger charge is -2.28. The number of allylic oxidation sites excluding steroid dienone is 1. The van der Waals surface area contributed by atoms with Gasteiger partial charge in [0, 0.05) is 17.0 Å². The van der Waals surface area contributed by atoms with Gasteiger partial charge in [-0.1, -0.05) is 87.2 Å². The quantitative estimate of drug-likeness (QED) is 0.201. The van der Waals surface area contributed by atoms with Crippen LogP contribution in [0.1, 0.15) is 63.0 Å². The molecular formula is C32H35F3O2. The topological polar surface area (TPSA) is 18.5 Å². The molecule has 0 saturated carbocycles. The van der Waals surface area contributed by atoms with E-state index in [4.69, 9.17) is 9.47 Å². The van der Waals surface area contributed by atoms with Crippen molar-refractivity contribution in [1.82, 2.24) is 0 Å². The Labute approximate surface area is 218 Å². The third kappa shape index (κ3) is 6.71. The molecule has 0 unspecified atom stereocenters. The molecule has 1 aliphatic heterocycles. The summed E-state index contributed by atoms with van der Waals surface area (Å²) in [6.45, 7) is 4.97. The molecule has 37 heavy (non-hydrogen) atoms. The fourth-order valence-electron chi connectivity index (χ4n) is 4.75. The number of hydrogen-bond acceptors (Lipinski definition) is 2. The van der Waals surface area contributed by atoms with Crippen LogP contribution in [0.2, 0.25) is 0 Å². The van der Waals surface area contributed by atoms with Crippen molar-refractivity contribution in [2.24, 2.45) is 0 Å². The van der Waals surface area contributed by atoms with Gasteiger partial charge in [0.05, 0.1) is 13.2 Å². The summed E-state index contributed by atoms with van der Waals surface area (Å²) < 4.78 is 56.0. The second kappa shape index (κ2) is 13.1. The summed E-state index contributed by atoms with van der Waals surface area (Å²) in [5.41, 5.74) is 3.12. The highest BCUT2D eigenvalue weighted by molar-refractivity contribution is 5.71. The van der Waals surface area contributed by atoms with Gasteiger partial charge in [0.1, 0.15) is 5.82 Å². The highest BCUT2D eigenvalue weighted by Gasteiger charge is 2.23. The molecule has 2 nitrogen and oxygen atoms in total. The number of halogens is 3. The lowest BCUT2D eigenvalue weighted by Crippen LogP contribution is -2.29. The van der Waals surface area contributed by atoms with Crippen LogP contribution in [0.25, 0.3) is 22.3 Å². The number of benzene rings is 3. The highest BCUT2D eigenvalue weighted by Crippen LogP contribution is 2.32. The predicted molar refractivity (Wildman–Crippen MR) is 143 cm³/mol. The summed E-state index contributed by atoms with van der Waals surface area (Å²) in [5, 5.41) is 0. The molecule has 196 valence electrons. The van der Waals surface area contributed by atoms with E-state index in [9.17, 15) is 8.78 Å². The summed E-state index contributed by atoms with van der Waals surface area (Å²) in [4.78, 5) is 0. The molecule has 0 N–H and O–H groups in total. The van der Waals surface area contributed by atoms with E-state index in [0.717, 1.165) is 31.2 Å². The van der Waals surface area contributed by atoms with E-state index < -0.39 is 11.6 Å². The maximum absolute atomic E-state index is 15.0. The summed E-state index contributed by atoms with van der Waals surface area (Å²) in [5.74, 6) is -1.99. The van der Waals surface area contributed by atoms with Gasteiger partial charge in [0.15, 0.2) is 17.9 Å². The summed E-state index contributed by atoms with van der Waals surface area (Å²) in [6.07, 6.45) is 9.22. The van der Waals surface area contributed by atoms with Crippen LogP contribution >= 0.6 is 0 Å². The third-order valence-electron chi connectivity index (χ3n) is 6.96. The highest BCUT2D eigenvalue weighted by atomic mass is 19.2. The molecule has 4 rings (SSSR count). The largest absolute Gasteiger partial charge is 0.348 e. The standard InChI is InChI=1S/C32H35F3O2/c1-3-5-6-7-8-10-24-15-18-28(32(35)31(24)34)23-13-11-22(12-14-23)27-17-16-25(19-29(27)33)26-20-36-30(9-4-2)37-21-26/h4,9,11-19,26,30H,3,5-8,10,20-21H2,1-2H3/b9-4+. The van der Waals surface area contributed by atoms with E-state index in [1.54, 1.807) is 42.5 Å². The smallest absolute Gasteiger partial charge is 0.176 e. The van der Waals surface area contributed by atoms with Gasteiger partial charge in [0.2, 0.25) is 0 Å². The van der Waals surface area contributed by atoms with E-state index in [1.807, 2.05) is 25.1 Å². The Kier molecular flexibility index (Phi) is 9.59. The fraction of sp³-hybridized carbons (Fsp3) is 0.375. The molecule has 3 aromatic carbocycles. The Balaban J connectivity index is 1.44. The average Bonchev–Trinajstić information content (AvgIpc) is 2.92. The monoisotopic (exact) mass is 508 g/mol. The molecule has 0 aromatic heterocycles. The van der Waals surface area contributed by atoms with E-state index in [1.165, 1.54) is 12.5 Å². The molecule has 1 fully saturated rings. The fourth-order valence-corrected chi connectivity index (χ4v) is 4.75. The number of rotatable bonds is 10. The first kappa shape index (κ1) is 27.2. The normalized spacial score (nSPS) is 18.0. The molecular weight excluding hydrogens is 473 g/mol. The van der Waals surface area contributed by atoms with Crippen molar-refractivity contribution in [2.75, 3.05) is 13.2 Å². The molecule has 1 aliphatic rings. The van der Waals surface area contributed by atoms with Crippen LogP contribution in [0, 0.1) is 17.5 Å².